The Kier molecular flexibility index (Phi) is 11.3. The van der Waals surface area contributed by atoms with Gasteiger partial charge in [-0.05, 0) is 76.6 Å². The van der Waals surface area contributed by atoms with Gasteiger partial charge in [-0.1, -0.05) is 55.3 Å². The third-order valence-electron chi connectivity index (χ3n) is 10.4. The number of carbonyl (C=O) groups excluding carboxylic acids is 5. The molecule has 5 amide bonds. The van der Waals surface area contributed by atoms with E-state index in [0.29, 0.717) is 36.0 Å². The summed E-state index contributed by atoms with van der Waals surface area (Å²) in [5.41, 5.74) is -1.05. The van der Waals surface area contributed by atoms with Gasteiger partial charge >= 0.3 is 12.2 Å². The Balaban J connectivity index is 1.27. The number of amides is 5. The Bertz CT molecular complexity index is 2000. The number of carbonyl (C=O) groups is 5. The molecular formula is C39H48FN5O9S. The van der Waals surface area contributed by atoms with Crippen LogP contribution < -0.4 is 15.4 Å². The Labute approximate surface area is 320 Å². The monoisotopic (exact) mass is 781 g/mol. The van der Waals surface area contributed by atoms with Crippen molar-refractivity contribution in [2.75, 3.05) is 6.54 Å². The summed E-state index contributed by atoms with van der Waals surface area (Å²) in [5, 5.41) is 5.45. The van der Waals surface area contributed by atoms with E-state index < -0.39 is 81.0 Å². The average molecular weight is 782 g/mol. The van der Waals surface area contributed by atoms with Gasteiger partial charge in [0.05, 0.1) is 18.0 Å². The second kappa shape index (κ2) is 15.6. The summed E-state index contributed by atoms with van der Waals surface area (Å²) < 4.78 is 54.7. The predicted molar refractivity (Wildman–Crippen MR) is 197 cm³/mol. The van der Waals surface area contributed by atoms with Crippen LogP contribution in [0.5, 0.6) is 0 Å². The molecule has 6 rings (SSSR count). The molecule has 14 nitrogen and oxygen atoms in total. The first-order valence-electron chi connectivity index (χ1n) is 18.6. The molecule has 3 heterocycles. The third-order valence-corrected chi connectivity index (χ3v) is 11.9. The zero-order valence-electron chi connectivity index (χ0n) is 31.4. The average Bonchev–Trinajstić information content (AvgIpc) is 3.40. The molecule has 3 aliphatic heterocycles. The van der Waals surface area contributed by atoms with Gasteiger partial charge in [-0.15, -0.1) is 0 Å². The highest BCUT2D eigenvalue weighted by Gasteiger charge is 2.62. The number of ether oxygens (including phenoxy) is 2. The Hall–Kier alpha value is -4.99. The van der Waals surface area contributed by atoms with Crippen LogP contribution in [-0.2, 0) is 47.0 Å². The normalized spacial score (nSPS) is 26.3. The van der Waals surface area contributed by atoms with E-state index in [2.05, 4.69) is 15.4 Å². The minimum Gasteiger partial charge on any atom is -0.444 e. The molecule has 1 saturated carbocycles. The van der Waals surface area contributed by atoms with Crippen molar-refractivity contribution < 1.29 is 46.3 Å². The number of rotatable bonds is 5. The number of halogens is 1. The zero-order chi connectivity index (χ0) is 39.7. The van der Waals surface area contributed by atoms with Gasteiger partial charge in [-0.25, -0.2) is 27.1 Å². The zero-order valence-corrected chi connectivity index (χ0v) is 32.2. The lowest BCUT2D eigenvalue weighted by Gasteiger charge is -2.30. The van der Waals surface area contributed by atoms with Crippen LogP contribution in [0.4, 0.5) is 14.0 Å². The third kappa shape index (κ3) is 8.95. The number of fused-ring (bicyclic) bond motifs is 3. The van der Waals surface area contributed by atoms with Crippen molar-refractivity contribution in [3.8, 4) is 0 Å². The van der Waals surface area contributed by atoms with Crippen LogP contribution >= 0.6 is 0 Å². The first-order chi connectivity index (χ1) is 26.0. The highest BCUT2D eigenvalue weighted by atomic mass is 32.2. The lowest BCUT2D eigenvalue weighted by atomic mass is 10.0. The standard InChI is InChI=1S/C39H48FN5O9S/c1-24-13-10-11-18-32(24)55(51,52)43-35(48)39-20-26(39)15-8-6-5-7-9-17-30(41-36(49)54-38(2,3)4)34(47)45-22-27(19-31(45)33(46)42-39)53-37(50)44-21-25-14-12-16-29(40)28(25)23-44/h8,10-16,18,26-27,30-31H,5-7,9,17,19-23H2,1-4H3,(H,41,49)(H,42,46)(H,43,48)/b15-8-/t26-,27+,30-,31-,39-/m0/s1. The van der Waals surface area contributed by atoms with Crippen LogP contribution in [-0.4, -0.2) is 84.0 Å². The summed E-state index contributed by atoms with van der Waals surface area (Å²) >= 11 is 0. The second-order valence-corrected chi connectivity index (χ2v) is 17.4. The van der Waals surface area contributed by atoms with Gasteiger partial charge in [0.2, 0.25) is 11.8 Å². The molecule has 16 heteroatoms. The maximum Gasteiger partial charge on any atom is 0.410 e. The van der Waals surface area contributed by atoms with E-state index in [1.165, 1.54) is 21.9 Å². The quantitative estimate of drug-likeness (QED) is 0.372. The number of benzene rings is 2. The van der Waals surface area contributed by atoms with Crippen molar-refractivity contribution in [1.29, 1.82) is 0 Å². The van der Waals surface area contributed by atoms with E-state index in [-0.39, 0.29) is 43.8 Å². The summed E-state index contributed by atoms with van der Waals surface area (Å²) in [4.78, 5) is 71.5. The van der Waals surface area contributed by atoms with Gasteiger partial charge in [-0.3, -0.25) is 19.3 Å². The van der Waals surface area contributed by atoms with Crippen molar-refractivity contribution in [2.45, 2.75) is 120 Å². The summed E-state index contributed by atoms with van der Waals surface area (Å²) in [5.74, 6) is -3.27. The molecule has 4 aliphatic rings. The summed E-state index contributed by atoms with van der Waals surface area (Å²) in [6.07, 6.45) is 3.95. The van der Waals surface area contributed by atoms with Crippen LogP contribution in [0.1, 0.15) is 82.4 Å². The molecule has 2 aromatic rings. The molecule has 55 heavy (non-hydrogen) atoms. The van der Waals surface area contributed by atoms with E-state index in [4.69, 9.17) is 9.47 Å². The number of allylic oxidation sites excluding steroid dienone is 1. The van der Waals surface area contributed by atoms with Crippen LogP contribution in [0.3, 0.4) is 0 Å². The van der Waals surface area contributed by atoms with Gasteiger partial charge in [0.1, 0.15) is 35.1 Å². The van der Waals surface area contributed by atoms with Crippen LogP contribution in [0.15, 0.2) is 59.5 Å². The number of nitrogens with zero attached hydrogens (tertiary/aromatic N) is 2. The molecule has 0 aromatic heterocycles. The van der Waals surface area contributed by atoms with E-state index in [0.717, 1.165) is 6.42 Å². The number of sulfonamides is 1. The number of aryl methyl sites for hydroxylation is 1. The smallest absolute Gasteiger partial charge is 0.410 e. The van der Waals surface area contributed by atoms with Gasteiger partial charge in [-0.2, -0.15) is 0 Å². The van der Waals surface area contributed by atoms with Crippen molar-refractivity contribution in [3.63, 3.8) is 0 Å². The highest BCUT2D eigenvalue weighted by molar-refractivity contribution is 7.90. The van der Waals surface area contributed by atoms with Crippen molar-refractivity contribution in [3.05, 3.63) is 77.1 Å². The van der Waals surface area contributed by atoms with Crippen LogP contribution in [0.2, 0.25) is 0 Å². The summed E-state index contributed by atoms with van der Waals surface area (Å²) in [6.45, 7) is 6.56. The number of alkyl carbamates (subject to hydrolysis) is 1. The van der Waals surface area contributed by atoms with Gasteiger partial charge in [0, 0.05) is 24.4 Å². The van der Waals surface area contributed by atoms with Crippen LogP contribution in [0.25, 0.3) is 0 Å². The van der Waals surface area contributed by atoms with Gasteiger partial charge in [0.15, 0.2) is 0 Å². The van der Waals surface area contributed by atoms with E-state index in [1.807, 2.05) is 6.08 Å². The topological polar surface area (TPSA) is 181 Å². The van der Waals surface area contributed by atoms with Gasteiger partial charge < -0.3 is 25.0 Å². The number of nitrogens with one attached hydrogen (secondary N) is 3. The lowest BCUT2D eigenvalue weighted by molar-refractivity contribution is -0.141. The fourth-order valence-electron chi connectivity index (χ4n) is 7.47. The molecular weight excluding hydrogens is 734 g/mol. The van der Waals surface area contributed by atoms with Crippen LogP contribution in [0, 0.1) is 18.7 Å². The molecule has 296 valence electrons. The first kappa shape index (κ1) is 39.7. The SMILES string of the molecule is Cc1ccccc1S(=O)(=O)NC(=O)[C@]12C[C@@H]1/C=C\CCCCC[C@H](NC(=O)OC(C)(C)C)C(=O)N1C[C@H](OC(=O)N3Cc4cccc(F)c4C3)C[C@H]1C(=O)N2. The largest absolute Gasteiger partial charge is 0.444 e. The molecule has 1 aliphatic carbocycles. The van der Waals surface area contributed by atoms with E-state index >= 15 is 0 Å². The predicted octanol–water partition coefficient (Wildman–Crippen LogP) is 4.35. The van der Waals surface area contributed by atoms with E-state index in [1.54, 1.807) is 64.1 Å². The molecule has 0 bridgehead atoms. The summed E-state index contributed by atoms with van der Waals surface area (Å²) in [7, 11) is -4.32. The second-order valence-electron chi connectivity index (χ2n) is 15.7. The molecule has 2 fully saturated rings. The molecule has 5 atom stereocenters. The molecule has 1 saturated heterocycles. The maximum atomic E-state index is 14.5. The van der Waals surface area contributed by atoms with Crippen molar-refractivity contribution in [2.24, 2.45) is 5.92 Å². The molecule has 2 aromatic carbocycles. The molecule has 0 spiro atoms. The number of hydrogen-bond acceptors (Lipinski definition) is 9. The maximum absolute atomic E-state index is 14.5. The highest BCUT2D eigenvalue weighted by Crippen LogP contribution is 2.46. The summed E-state index contributed by atoms with van der Waals surface area (Å²) in [6, 6.07) is 8.42. The van der Waals surface area contributed by atoms with E-state index in [9.17, 15) is 36.8 Å². The fourth-order valence-corrected chi connectivity index (χ4v) is 8.75. The van der Waals surface area contributed by atoms with Crippen molar-refractivity contribution >= 4 is 39.9 Å². The molecule has 3 N–H and O–H groups in total. The minimum atomic E-state index is -4.32. The Morgan fingerprint density at radius 2 is 1.78 bits per heavy atom. The Morgan fingerprint density at radius 1 is 1.02 bits per heavy atom. The minimum absolute atomic E-state index is 0.0139. The fraction of sp³-hybridized carbons (Fsp3) is 0.513. The van der Waals surface area contributed by atoms with Crippen molar-refractivity contribution in [1.82, 2.24) is 25.2 Å². The Morgan fingerprint density at radius 3 is 2.51 bits per heavy atom. The molecule has 0 unspecified atom stereocenters. The number of hydrogen-bond donors (Lipinski definition) is 3. The lowest BCUT2D eigenvalue weighted by Crippen LogP contribution is -2.58. The molecule has 0 radical (unpaired) electrons. The first-order valence-corrected chi connectivity index (χ1v) is 20.1. The van der Waals surface area contributed by atoms with Gasteiger partial charge in [0.25, 0.3) is 15.9 Å².